The number of carbonyl (C=O) groups is 1. The van der Waals surface area contributed by atoms with E-state index in [0.29, 0.717) is 10.6 Å². The molecule has 0 radical (unpaired) electrons. The third kappa shape index (κ3) is 5.29. The summed E-state index contributed by atoms with van der Waals surface area (Å²) in [6.45, 7) is 1.82. The lowest BCUT2D eigenvalue weighted by molar-refractivity contribution is -0.142. The van der Waals surface area contributed by atoms with Crippen LogP contribution in [-0.4, -0.2) is 17.6 Å². The molecule has 2 aromatic carbocycles. The molecule has 0 saturated heterocycles. The van der Waals surface area contributed by atoms with Crippen molar-refractivity contribution in [2.45, 2.75) is 19.5 Å². The summed E-state index contributed by atoms with van der Waals surface area (Å²) in [6.07, 6.45) is -4.79. The Morgan fingerprint density at radius 3 is 2.55 bits per heavy atom. The van der Waals surface area contributed by atoms with Crippen molar-refractivity contribution in [3.05, 3.63) is 64.8 Å². The summed E-state index contributed by atoms with van der Waals surface area (Å²) in [5, 5.41) is 0.507. The number of alkyl halides is 3. The Hall–Kier alpha value is -3.00. The lowest BCUT2D eigenvalue weighted by Crippen LogP contribution is -2.08. The van der Waals surface area contributed by atoms with Crippen LogP contribution in [0.1, 0.15) is 18.2 Å². The Kier molecular flexibility index (Phi) is 6.12. The van der Waals surface area contributed by atoms with Crippen molar-refractivity contribution >= 4 is 17.6 Å². The minimum atomic E-state index is -4.52. The molecule has 0 fully saturated rings. The first-order chi connectivity index (χ1) is 13.8. The summed E-state index contributed by atoms with van der Waals surface area (Å²) in [6, 6.07) is 10.9. The summed E-state index contributed by atoms with van der Waals surface area (Å²) in [7, 11) is 0. The first-order valence-electron chi connectivity index (χ1n) is 8.52. The Labute approximate surface area is 169 Å². The summed E-state index contributed by atoms with van der Waals surface area (Å²) in [4.78, 5) is 16.1. The quantitative estimate of drug-likeness (QED) is 0.459. The lowest BCUT2D eigenvalue weighted by atomic mass is 10.2. The van der Waals surface area contributed by atoms with Crippen LogP contribution < -0.4 is 4.74 Å². The van der Waals surface area contributed by atoms with Crippen LogP contribution in [0, 0.1) is 0 Å². The van der Waals surface area contributed by atoms with Gasteiger partial charge in [-0.25, -0.2) is 4.98 Å². The van der Waals surface area contributed by atoms with Gasteiger partial charge in [-0.15, -0.1) is 0 Å². The second-order valence-corrected chi connectivity index (χ2v) is 6.31. The van der Waals surface area contributed by atoms with Gasteiger partial charge in [0.05, 0.1) is 18.6 Å². The van der Waals surface area contributed by atoms with Gasteiger partial charge in [-0.1, -0.05) is 17.7 Å². The van der Waals surface area contributed by atoms with Gasteiger partial charge in [0.2, 0.25) is 5.89 Å². The molecule has 29 heavy (non-hydrogen) atoms. The largest absolute Gasteiger partial charge is 0.466 e. The Morgan fingerprint density at radius 2 is 1.90 bits per heavy atom. The van der Waals surface area contributed by atoms with Crippen LogP contribution >= 0.6 is 11.6 Å². The van der Waals surface area contributed by atoms with E-state index in [4.69, 9.17) is 25.5 Å². The predicted molar refractivity (Wildman–Crippen MR) is 98.8 cm³/mol. The highest BCUT2D eigenvalue weighted by molar-refractivity contribution is 6.30. The van der Waals surface area contributed by atoms with Gasteiger partial charge in [0.25, 0.3) is 0 Å². The molecule has 3 rings (SSSR count). The maximum atomic E-state index is 12.9. The van der Waals surface area contributed by atoms with Crippen LogP contribution in [0.15, 0.2) is 52.9 Å². The minimum Gasteiger partial charge on any atom is -0.466 e. The zero-order valence-electron chi connectivity index (χ0n) is 15.1. The summed E-state index contributed by atoms with van der Waals surface area (Å²) in [5.41, 5.74) is -0.219. The lowest BCUT2D eigenvalue weighted by Gasteiger charge is -2.09. The molecule has 3 aromatic rings. The number of nitrogens with zero attached hydrogens (tertiary/aromatic N) is 1. The summed E-state index contributed by atoms with van der Waals surface area (Å²) in [5.74, 6) is -0.744. The molecule has 0 aliphatic heterocycles. The zero-order chi connectivity index (χ0) is 21.0. The van der Waals surface area contributed by atoms with Crippen LogP contribution in [0.3, 0.4) is 0 Å². The molecule has 0 atom stereocenters. The molecule has 0 aliphatic carbocycles. The molecule has 0 aliphatic rings. The number of halogens is 4. The number of benzene rings is 2. The number of oxazole rings is 1. The molecule has 0 unspecified atom stereocenters. The Balaban J connectivity index is 1.95. The van der Waals surface area contributed by atoms with Crippen LogP contribution in [0.25, 0.3) is 11.5 Å². The number of hydrogen-bond acceptors (Lipinski definition) is 5. The molecule has 152 valence electrons. The highest BCUT2D eigenvalue weighted by Gasteiger charge is 2.31. The molecule has 5 nitrogen and oxygen atoms in total. The summed E-state index contributed by atoms with van der Waals surface area (Å²) < 4.78 is 54.8. The van der Waals surface area contributed by atoms with E-state index < -0.39 is 17.7 Å². The normalized spacial score (nSPS) is 11.3. The van der Waals surface area contributed by atoms with Gasteiger partial charge in [-0.05, 0) is 49.4 Å². The smallest absolute Gasteiger partial charge is 0.416 e. The molecular formula is C20H15ClF3NO4. The van der Waals surface area contributed by atoms with Crippen molar-refractivity contribution in [2.24, 2.45) is 0 Å². The molecule has 0 N–H and O–H groups in total. The summed E-state index contributed by atoms with van der Waals surface area (Å²) >= 11 is 5.87. The second kappa shape index (κ2) is 8.57. The average molecular weight is 426 g/mol. The van der Waals surface area contributed by atoms with Crippen LogP contribution in [0.2, 0.25) is 5.02 Å². The first-order valence-corrected chi connectivity index (χ1v) is 8.90. The number of ether oxygens (including phenoxy) is 2. The van der Waals surface area contributed by atoms with Crippen LogP contribution in [0.5, 0.6) is 11.7 Å². The van der Waals surface area contributed by atoms with E-state index in [2.05, 4.69) is 4.98 Å². The molecular weight excluding hydrogens is 411 g/mol. The topological polar surface area (TPSA) is 61.6 Å². The molecule has 0 spiro atoms. The van der Waals surface area contributed by atoms with E-state index in [1.54, 1.807) is 31.2 Å². The van der Waals surface area contributed by atoms with E-state index in [1.165, 1.54) is 12.1 Å². The fourth-order valence-electron chi connectivity index (χ4n) is 2.44. The van der Waals surface area contributed by atoms with E-state index >= 15 is 0 Å². The third-order valence-electron chi connectivity index (χ3n) is 3.74. The molecule has 1 heterocycles. The average Bonchev–Trinajstić information content (AvgIpc) is 3.04. The maximum absolute atomic E-state index is 12.9. The number of rotatable bonds is 6. The standard InChI is InChI=1S/C20H15ClF3NO4/c1-2-27-17(26)11-16-19(28-15-5-3-4-13(10-15)20(22,23)24)29-18(25-16)12-6-8-14(21)9-7-12/h3-10H,2,11H2,1H3. The van der Waals surface area contributed by atoms with Crippen molar-refractivity contribution < 1.29 is 31.9 Å². The SMILES string of the molecule is CCOC(=O)Cc1nc(-c2ccc(Cl)cc2)oc1Oc1cccc(C(F)(F)F)c1. The van der Waals surface area contributed by atoms with Gasteiger partial charge in [0.15, 0.2) is 0 Å². The first kappa shape index (κ1) is 20.7. The zero-order valence-corrected chi connectivity index (χ0v) is 15.9. The second-order valence-electron chi connectivity index (χ2n) is 5.87. The van der Waals surface area contributed by atoms with Gasteiger partial charge in [-0.3, -0.25) is 4.79 Å². The van der Waals surface area contributed by atoms with E-state index in [0.717, 1.165) is 12.1 Å². The minimum absolute atomic E-state index is 0.103. The van der Waals surface area contributed by atoms with Crippen molar-refractivity contribution in [3.63, 3.8) is 0 Å². The van der Waals surface area contributed by atoms with Gasteiger partial charge >= 0.3 is 18.1 Å². The van der Waals surface area contributed by atoms with Gasteiger partial charge in [-0.2, -0.15) is 13.2 Å². The fraction of sp³-hybridized carbons (Fsp3) is 0.200. The van der Waals surface area contributed by atoms with E-state index in [1.807, 2.05) is 0 Å². The number of aromatic nitrogens is 1. The molecule has 0 bridgehead atoms. The van der Waals surface area contributed by atoms with Gasteiger partial charge in [0.1, 0.15) is 11.4 Å². The molecule has 0 amide bonds. The van der Waals surface area contributed by atoms with Crippen LogP contribution in [-0.2, 0) is 22.1 Å². The third-order valence-corrected chi connectivity index (χ3v) is 3.99. The highest BCUT2D eigenvalue weighted by Crippen LogP contribution is 2.35. The van der Waals surface area contributed by atoms with E-state index in [-0.39, 0.29) is 36.3 Å². The Morgan fingerprint density at radius 1 is 1.17 bits per heavy atom. The number of carbonyl (C=O) groups excluding carboxylic acids is 1. The Bertz CT molecular complexity index is 1000. The predicted octanol–water partition coefficient (Wildman–Crippen LogP) is 5.91. The van der Waals surface area contributed by atoms with Crippen molar-refractivity contribution in [3.8, 4) is 23.1 Å². The molecule has 9 heteroatoms. The van der Waals surface area contributed by atoms with Crippen molar-refractivity contribution in [2.75, 3.05) is 6.61 Å². The van der Waals surface area contributed by atoms with Crippen LogP contribution in [0.4, 0.5) is 13.2 Å². The van der Waals surface area contributed by atoms with Gasteiger partial charge < -0.3 is 13.9 Å². The van der Waals surface area contributed by atoms with Gasteiger partial charge in [0, 0.05) is 10.6 Å². The number of esters is 1. The highest BCUT2D eigenvalue weighted by atomic mass is 35.5. The maximum Gasteiger partial charge on any atom is 0.416 e. The number of hydrogen-bond donors (Lipinski definition) is 0. The van der Waals surface area contributed by atoms with E-state index in [9.17, 15) is 18.0 Å². The molecule has 1 aromatic heterocycles. The molecule has 0 saturated carbocycles. The monoisotopic (exact) mass is 425 g/mol. The van der Waals surface area contributed by atoms with Crippen molar-refractivity contribution in [1.82, 2.24) is 4.98 Å². The van der Waals surface area contributed by atoms with Crippen molar-refractivity contribution in [1.29, 1.82) is 0 Å². The fourth-order valence-corrected chi connectivity index (χ4v) is 2.56.